The second-order valence-electron chi connectivity index (χ2n) is 7.46. The summed E-state index contributed by atoms with van der Waals surface area (Å²) in [5.74, 6) is 1.17. The zero-order chi connectivity index (χ0) is 19.1. The van der Waals surface area contributed by atoms with E-state index in [4.69, 9.17) is 9.47 Å². The van der Waals surface area contributed by atoms with E-state index in [1.807, 2.05) is 24.3 Å². The van der Waals surface area contributed by atoms with Crippen molar-refractivity contribution in [3.8, 4) is 11.5 Å². The minimum absolute atomic E-state index is 0.0469. The molecule has 2 unspecified atom stereocenters. The van der Waals surface area contributed by atoms with Crippen LogP contribution in [0.3, 0.4) is 0 Å². The monoisotopic (exact) mass is 374 g/mol. The van der Waals surface area contributed by atoms with Gasteiger partial charge >= 0.3 is 0 Å². The van der Waals surface area contributed by atoms with Gasteiger partial charge in [-0.05, 0) is 43.5 Å². The first kappa shape index (κ1) is 19.5. The molecule has 6 heteroatoms. The van der Waals surface area contributed by atoms with Gasteiger partial charge in [0.25, 0.3) is 0 Å². The average Bonchev–Trinajstić information content (AvgIpc) is 3.50. The molecule has 2 atom stereocenters. The van der Waals surface area contributed by atoms with Crippen LogP contribution < -0.4 is 20.1 Å². The van der Waals surface area contributed by atoms with Crippen LogP contribution in [0.5, 0.6) is 11.5 Å². The highest BCUT2D eigenvalue weighted by atomic mass is 16.5. The first-order valence-electron chi connectivity index (χ1n) is 10.0. The van der Waals surface area contributed by atoms with Crippen LogP contribution >= 0.6 is 0 Å². The molecule has 27 heavy (non-hydrogen) atoms. The number of nitrogens with one attached hydrogen (secondary N) is 2. The summed E-state index contributed by atoms with van der Waals surface area (Å²) < 4.78 is 10.7. The molecule has 0 bridgehead atoms. The number of carbonyl (C=O) groups is 2. The van der Waals surface area contributed by atoms with Gasteiger partial charge in [-0.2, -0.15) is 0 Å². The third-order valence-electron chi connectivity index (χ3n) is 5.39. The van der Waals surface area contributed by atoms with Crippen molar-refractivity contribution in [3.63, 3.8) is 0 Å². The largest absolute Gasteiger partial charge is 0.497 e. The third kappa shape index (κ3) is 5.88. The smallest absolute Gasteiger partial charge is 0.224 e. The van der Waals surface area contributed by atoms with Gasteiger partial charge in [0.15, 0.2) is 0 Å². The summed E-state index contributed by atoms with van der Waals surface area (Å²) in [6.07, 6.45) is 7.69. The van der Waals surface area contributed by atoms with Gasteiger partial charge < -0.3 is 20.1 Å². The highest BCUT2D eigenvalue weighted by Gasteiger charge is 2.48. The molecule has 2 N–H and O–H groups in total. The van der Waals surface area contributed by atoms with Crippen molar-refractivity contribution < 1.29 is 19.1 Å². The molecule has 2 fully saturated rings. The van der Waals surface area contributed by atoms with Gasteiger partial charge in [-0.25, -0.2) is 0 Å². The molecule has 2 saturated carbocycles. The number of rotatable bonds is 8. The van der Waals surface area contributed by atoms with E-state index in [0.29, 0.717) is 25.6 Å². The van der Waals surface area contributed by atoms with E-state index in [0.717, 1.165) is 24.3 Å². The summed E-state index contributed by atoms with van der Waals surface area (Å²) in [5, 5.41) is 6.02. The minimum Gasteiger partial charge on any atom is -0.497 e. The number of benzene rings is 1. The lowest BCUT2D eigenvalue weighted by Gasteiger charge is -2.16. The van der Waals surface area contributed by atoms with E-state index in [-0.39, 0.29) is 23.7 Å². The molecule has 0 saturated heterocycles. The van der Waals surface area contributed by atoms with Crippen molar-refractivity contribution in [1.82, 2.24) is 10.6 Å². The number of methoxy groups -OCH3 is 1. The van der Waals surface area contributed by atoms with E-state index < -0.39 is 0 Å². The summed E-state index contributed by atoms with van der Waals surface area (Å²) in [6.45, 7) is 0.821. The predicted octanol–water partition coefficient (Wildman–Crippen LogP) is 2.67. The fourth-order valence-corrected chi connectivity index (χ4v) is 3.65. The number of ether oxygens (including phenoxy) is 2. The van der Waals surface area contributed by atoms with Gasteiger partial charge in [0.1, 0.15) is 18.1 Å². The lowest BCUT2D eigenvalue weighted by atomic mass is 10.1. The Kier molecular flexibility index (Phi) is 6.96. The van der Waals surface area contributed by atoms with Crippen LogP contribution in [-0.2, 0) is 9.59 Å². The summed E-state index contributed by atoms with van der Waals surface area (Å²) >= 11 is 0. The van der Waals surface area contributed by atoms with E-state index in [1.165, 1.54) is 25.7 Å². The first-order chi connectivity index (χ1) is 13.2. The van der Waals surface area contributed by atoms with Crippen molar-refractivity contribution in [2.75, 3.05) is 20.3 Å². The van der Waals surface area contributed by atoms with Crippen LogP contribution in [0.2, 0.25) is 0 Å². The van der Waals surface area contributed by atoms with Crippen molar-refractivity contribution in [2.45, 2.75) is 51.0 Å². The van der Waals surface area contributed by atoms with E-state index in [1.54, 1.807) is 7.11 Å². The molecule has 0 aliphatic heterocycles. The topological polar surface area (TPSA) is 76.7 Å². The molecule has 0 radical (unpaired) electrons. The fourth-order valence-electron chi connectivity index (χ4n) is 3.65. The highest BCUT2D eigenvalue weighted by molar-refractivity contribution is 5.92. The Morgan fingerprint density at radius 3 is 2.26 bits per heavy atom. The maximum absolute atomic E-state index is 12.3. The maximum atomic E-state index is 12.3. The van der Waals surface area contributed by atoms with Crippen LogP contribution in [0, 0.1) is 11.8 Å². The maximum Gasteiger partial charge on any atom is 0.224 e. The van der Waals surface area contributed by atoms with Crippen LogP contribution in [0.1, 0.15) is 44.9 Å². The molecule has 2 aliphatic rings. The van der Waals surface area contributed by atoms with Gasteiger partial charge in [-0.3, -0.25) is 9.59 Å². The van der Waals surface area contributed by atoms with E-state index in [2.05, 4.69) is 10.6 Å². The Morgan fingerprint density at radius 2 is 1.59 bits per heavy atom. The van der Waals surface area contributed by atoms with Crippen molar-refractivity contribution in [1.29, 1.82) is 0 Å². The Hall–Kier alpha value is -2.24. The summed E-state index contributed by atoms with van der Waals surface area (Å²) in [5.41, 5.74) is 0. The molecule has 148 valence electrons. The standard InChI is InChI=1S/C21H30N2O4/c1-26-16-8-10-17(11-9-16)27-13-12-22-20(24)18-14-19(18)21(25)23-15-6-4-2-3-5-7-15/h8-11,15,18-19H,2-7,12-14H2,1H3,(H,22,24)(H,23,25). The molecule has 1 aromatic carbocycles. The van der Waals surface area contributed by atoms with Crippen LogP contribution in [0.25, 0.3) is 0 Å². The molecule has 0 heterocycles. The van der Waals surface area contributed by atoms with Crippen LogP contribution in [0.4, 0.5) is 0 Å². The van der Waals surface area contributed by atoms with Gasteiger partial charge in [0, 0.05) is 6.04 Å². The van der Waals surface area contributed by atoms with Crippen molar-refractivity contribution in [2.24, 2.45) is 11.8 Å². The molecule has 2 aliphatic carbocycles. The molecule has 2 amide bonds. The normalized spacial score (nSPS) is 22.4. The summed E-state index contributed by atoms with van der Waals surface area (Å²) in [6, 6.07) is 7.61. The predicted molar refractivity (Wildman–Crippen MR) is 103 cm³/mol. The second-order valence-corrected chi connectivity index (χ2v) is 7.46. The Morgan fingerprint density at radius 1 is 0.963 bits per heavy atom. The quantitative estimate of drug-likeness (QED) is 0.542. The molecule has 1 aromatic rings. The second kappa shape index (κ2) is 9.62. The molecular formula is C21H30N2O4. The summed E-state index contributed by atoms with van der Waals surface area (Å²) in [4.78, 5) is 24.5. The van der Waals surface area contributed by atoms with Crippen molar-refractivity contribution in [3.05, 3.63) is 24.3 Å². The number of hydrogen-bond acceptors (Lipinski definition) is 4. The van der Waals surface area contributed by atoms with Gasteiger partial charge in [-0.15, -0.1) is 0 Å². The SMILES string of the molecule is COc1ccc(OCCNC(=O)C2CC2C(=O)NC2CCCCCC2)cc1. The average molecular weight is 374 g/mol. The van der Waals surface area contributed by atoms with E-state index in [9.17, 15) is 9.59 Å². The molecular weight excluding hydrogens is 344 g/mol. The van der Waals surface area contributed by atoms with Gasteiger partial charge in [0.2, 0.25) is 11.8 Å². The van der Waals surface area contributed by atoms with E-state index >= 15 is 0 Å². The molecule has 0 spiro atoms. The zero-order valence-corrected chi connectivity index (χ0v) is 16.0. The zero-order valence-electron chi connectivity index (χ0n) is 16.0. The number of hydrogen-bond donors (Lipinski definition) is 2. The fraction of sp³-hybridized carbons (Fsp3) is 0.619. The van der Waals surface area contributed by atoms with Crippen LogP contribution in [-0.4, -0.2) is 38.1 Å². The molecule has 3 rings (SSSR count). The minimum atomic E-state index is -0.184. The lowest BCUT2D eigenvalue weighted by Crippen LogP contribution is -2.37. The van der Waals surface area contributed by atoms with Gasteiger partial charge in [0.05, 0.1) is 25.5 Å². The molecule has 0 aromatic heterocycles. The number of carbonyl (C=O) groups excluding carboxylic acids is 2. The Labute approximate surface area is 161 Å². The first-order valence-corrected chi connectivity index (χ1v) is 10.0. The number of amides is 2. The van der Waals surface area contributed by atoms with Crippen molar-refractivity contribution >= 4 is 11.8 Å². The Bertz CT molecular complexity index is 624. The molecule has 6 nitrogen and oxygen atoms in total. The lowest BCUT2D eigenvalue weighted by molar-refractivity contribution is -0.127. The highest BCUT2D eigenvalue weighted by Crippen LogP contribution is 2.39. The van der Waals surface area contributed by atoms with Gasteiger partial charge in [-0.1, -0.05) is 25.7 Å². The summed E-state index contributed by atoms with van der Waals surface area (Å²) in [7, 11) is 1.62. The Balaban J connectivity index is 1.31. The third-order valence-corrected chi connectivity index (χ3v) is 5.39. The van der Waals surface area contributed by atoms with Crippen LogP contribution in [0.15, 0.2) is 24.3 Å².